The van der Waals surface area contributed by atoms with E-state index in [4.69, 9.17) is 18.0 Å². The van der Waals surface area contributed by atoms with Gasteiger partial charge in [-0.3, -0.25) is 4.79 Å². The van der Waals surface area contributed by atoms with E-state index in [2.05, 4.69) is 12.2 Å². The number of amides is 1. The van der Waals surface area contributed by atoms with Crippen molar-refractivity contribution in [1.82, 2.24) is 9.88 Å². The molecule has 0 bridgehead atoms. The molecular formula is C13H21N3OS. The summed E-state index contributed by atoms with van der Waals surface area (Å²) in [5, 5.41) is 2.93. The molecule has 0 saturated carbocycles. The Morgan fingerprint density at radius 3 is 2.89 bits per heavy atom. The summed E-state index contributed by atoms with van der Waals surface area (Å²) in [6.07, 6.45) is 5.12. The molecular weight excluding hydrogens is 246 g/mol. The Morgan fingerprint density at radius 1 is 1.56 bits per heavy atom. The van der Waals surface area contributed by atoms with Crippen LogP contribution in [0.3, 0.4) is 0 Å². The van der Waals surface area contributed by atoms with E-state index in [0.717, 1.165) is 31.5 Å². The highest BCUT2D eigenvalue weighted by atomic mass is 32.1. The molecule has 1 rings (SSSR count). The van der Waals surface area contributed by atoms with Crippen molar-refractivity contribution < 1.29 is 4.79 Å². The van der Waals surface area contributed by atoms with Gasteiger partial charge in [-0.05, 0) is 25.5 Å². The zero-order chi connectivity index (χ0) is 13.5. The Labute approximate surface area is 114 Å². The molecule has 0 saturated heterocycles. The van der Waals surface area contributed by atoms with E-state index in [0.29, 0.717) is 4.99 Å². The lowest BCUT2D eigenvalue weighted by Gasteiger charge is -2.16. The van der Waals surface area contributed by atoms with Gasteiger partial charge in [-0.15, -0.1) is 0 Å². The number of rotatable bonds is 7. The number of unbranched alkanes of at least 4 members (excludes halogenated alkanes) is 2. The second-order valence-electron chi connectivity index (χ2n) is 4.34. The first-order valence-electron chi connectivity index (χ1n) is 6.32. The minimum Gasteiger partial charge on any atom is -0.388 e. The van der Waals surface area contributed by atoms with Crippen molar-refractivity contribution in [2.24, 2.45) is 5.73 Å². The zero-order valence-corrected chi connectivity index (χ0v) is 11.8. The highest BCUT2D eigenvalue weighted by Gasteiger charge is 2.17. The van der Waals surface area contributed by atoms with E-state index in [9.17, 15) is 4.79 Å². The number of thiocarbonyl (C=S) groups is 1. The number of nitrogens with two attached hydrogens (primary N) is 1. The molecule has 3 N–H and O–H groups in total. The van der Waals surface area contributed by atoms with E-state index in [-0.39, 0.29) is 11.9 Å². The van der Waals surface area contributed by atoms with Gasteiger partial charge in [0.25, 0.3) is 0 Å². The maximum atomic E-state index is 12.0. The van der Waals surface area contributed by atoms with Gasteiger partial charge in [-0.25, -0.2) is 0 Å². The average Bonchev–Trinajstić information content (AvgIpc) is 2.82. The largest absolute Gasteiger partial charge is 0.388 e. The maximum absolute atomic E-state index is 12.0. The molecule has 100 valence electrons. The van der Waals surface area contributed by atoms with Crippen LogP contribution in [0.2, 0.25) is 0 Å². The molecule has 0 spiro atoms. The number of nitrogens with one attached hydrogen (secondary N) is 1. The van der Waals surface area contributed by atoms with E-state index in [1.165, 1.54) is 0 Å². The van der Waals surface area contributed by atoms with Crippen molar-refractivity contribution in [3.63, 3.8) is 0 Å². The highest BCUT2D eigenvalue weighted by molar-refractivity contribution is 7.80. The molecule has 5 heteroatoms. The van der Waals surface area contributed by atoms with E-state index < -0.39 is 0 Å². The summed E-state index contributed by atoms with van der Waals surface area (Å²) in [6, 6.07) is 3.37. The molecule has 1 unspecified atom stereocenters. The SMILES string of the molecule is CCCCCNC(=O)C(C)n1cccc1C(N)=S. The fraction of sp³-hybridized carbons (Fsp3) is 0.538. The quantitative estimate of drug-likeness (QED) is 0.587. The molecule has 1 atom stereocenters. The van der Waals surface area contributed by atoms with Crippen molar-refractivity contribution in [2.45, 2.75) is 39.2 Å². The molecule has 0 aromatic carbocycles. The fourth-order valence-electron chi connectivity index (χ4n) is 1.80. The van der Waals surface area contributed by atoms with Crippen molar-refractivity contribution in [3.8, 4) is 0 Å². The van der Waals surface area contributed by atoms with E-state index >= 15 is 0 Å². The Morgan fingerprint density at radius 2 is 2.28 bits per heavy atom. The number of carbonyl (C=O) groups excluding carboxylic acids is 1. The summed E-state index contributed by atoms with van der Waals surface area (Å²) in [6.45, 7) is 4.70. The van der Waals surface area contributed by atoms with Crippen LogP contribution in [-0.4, -0.2) is 22.0 Å². The second-order valence-corrected chi connectivity index (χ2v) is 4.78. The summed E-state index contributed by atoms with van der Waals surface area (Å²) in [7, 11) is 0. The van der Waals surface area contributed by atoms with Gasteiger partial charge in [0.1, 0.15) is 11.0 Å². The van der Waals surface area contributed by atoms with Crippen LogP contribution >= 0.6 is 12.2 Å². The van der Waals surface area contributed by atoms with Gasteiger partial charge in [0.2, 0.25) is 5.91 Å². The van der Waals surface area contributed by atoms with Crippen molar-refractivity contribution in [3.05, 3.63) is 24.0 Å². The molecule has 0 aliphatic carbocycles. The van der Waals surface area contributed by atoms with Crippen LogP contribution < -0.4 is 11.1 Å². The lowest BCUT2D eigenvalue weighted by Crippen LogP contribution is -2.33. The van der Waals surface area contributed by atoms with Crippen LogP contribution in [0.5, 0.6) is 0 Å². The third-order valence-electron chi connectivity index (χ3n) is 2.91. The van der Waals surface area contributed by atoms with Crippen LogP contribution in [-0.2, 0) is 4.79 Å². The lowest BCUT2D eigenvalue weighted by atomic mass is 10.2. The zero-order valence-electron chi connectivity index (χ0n) is 11.0. The number of hydrogen-bond donors (Lipinski definition) is 2. The van der Waals surface area contributed by atoms with Crippen molar-refractivity contribution >= 4 is 23.1 Å². The second kappa shape index (κ2) is 7.16. The van der Waals surface area contributed by atoms with Crippen LogP contribution in [0.4, 0.5) is 0 Å². The van der Waals surface area contributed by atoms with Gasteiger partial charge in [-0.1, -0.05) is 32.0 Å². The highest BCUT2D eigenvalue weighted by Crippen LogP contribution is 2.11. The minimum atomic E-state index is -0.293. The molecule has 1 aromatic heterocycles. The Balaban J connectivity index is 2.57. The molecule has 1 amide bonds. The predicted octanol–water partition coefficient (Wildman–Crippen LogP) is 1.99. The molecule has 0 aliphatic heterocycles. The number of aromatic nitrogens is 1. The average molecular weight is 267 g/mol. The predicted molar refractivity (Wildman–Crippen MR) is 77.6 cm³/mol. The number of hydrogen-bond acceptors (Lipinski definition) is 2. The molecule has 0 radical (unpaired) electrons. The van der Waals surface area contributed by atoms with Gasteiger partial charge >= 0.3 is 0 Å². The van der Waals surface area contributed by atoms with Crippen molar-refractivity contribution in [1.29, 1.82) is 0 Å². The molecule has 18 heavy (non-hydrogen) atoms. The summed E-state index contributed by atoms with van der Waals surface area (Å²) in [5.41, 5.74) is 6.34. The summed E-state index contributed by atoms with van der Waals surface area (Å²) < 4.78 is 1.80. The first kappa shape index (κ1) is 14.7. The Kier molecular flexibility index (Phi) is 5.85. The topological polar surface area (TPSA) is 60.0 Å². The summed E-state index contributed by atoms with van der Waals surface area (Å²) in [4.78, 5) is 12.3. The smallest absolute Gasteiger partial charge is 0.242 e. The third-order valence-corrected chi connectivity index (χ3v) is 3.12. The number of nitrogens with zero attached hydrogens (tertiary/aromatic N) is 1. The van der Waals surface area contributed by atoms with Gasteiger partial charge in [0, 0.05) is 12.7 Å². The summed E-state index contributed by atoms with van der Waals surface area (Å²) >= 11 is 4.96. The molecule has 1 heterocycles. The minimum absolute atomic E-state index is 0.000182. The monoisotopic (exact) mass is 267 g/mol. The Bertz CT molecular complexity index is 414. The summed E-state index contributed by atoms with van der Waals surface area (Å²) in [5.74, 6) is -0.000182. The van der Waals surface area contributed by atoms with Gasteiger partial charge in [0.05, 0.1) is 5.69 Å². The first-order valence-corrected chi connectivity index (χ1v) is 6.73. The third kappa shape index (κ3) is 3.84. The van der Waals surface area contributed by atoms with Crippen LogP contribution in [0, 0.1) is 0 Å². The lowest BCUT2D eigenvalue weighted by molar-refractivity contribution is -0.123. The number of carbonyl (C=O) groups is 1. The fourth-order valence-corrected chi connectivity index (χ4v) is 1.97. The molecule has 0 aliphatic rings. The normalized spacial score (nSPS) is 12.1. The van der Waals surface area contributed by atoms with Crippen LogP contribution in [0.25, 0.3) is 0 Å². The Hall–Kier alpha value is -1.36. The molecule has 0 fully saturated rings. The maximum Gasteiger partial charge on any atom is 0.242 e. The van der Waals surface area contributed by atoms with E-state index in [1.54, 1.807) is 4.57 Å². The molecule has 1 aromatic rings. The van der Waals surface area contributed by atoms with Gasteiger partial charge in [-0.2, -0.15) is 0 Å². The van der Waals surface area contributed by atoms with Gasteiger partial charge in [0.15, 0.2) is 0 Å². The standard InChI is InChI=1S/C13H21N3OS/c1-3-4-5-8-15-13(17)10(2)16-9-6-7-11(16)12(14)18/h6-7,9-10H,3-5,8H2,1-2H3,(H2,14,18)(H,15,17). The first-order chi connectivity index (χ1) is 8.57. The van der Waals surface area contributed by atoms with Gasteiger partial charge < -0.3 is 15.6 Å². The van der Waals surface area contributed by atoms with Crippen molar-refractivity contribution in [2.75, 3.05) is 6.54 Å². The molecule has 4 nitrogen and oxygen atoms in total. The van der Waals surface area contributed by atoms with Crippen LogP contribution in [0.1, 0.15) is 44.8 Å². The van der Waals surface area contributed by atoms with Crippen LogP contribution in [0.15, 0.2) is 18.3 Å². The van der Waals surface area contributed by atoms with E-state index in [1.807, 2.05) is 25.3 Å².